The van der Waals surface area contributed by atoms with Gasteiger partial charge in [-0.2, -0.15) is 9.97 Å². The Labute approximate surface area is 240 Å². The number of halogens is 3. The second-order valence-electron chi connectivity index (χ2n) is 11.7. The minimum atomic E-state index is -0.922. The molecule has 7 rings (SSSR count). The average Bonchev–Trinajstić information content (AvgIpc) is 3.65. The van der Waals surface area contributed by atoms with Gasteiger partial charge < -0.3 is 19.8 Å². The number of fused-ring (bicyclic) bond motifs is 3. The number of aliphatic hydroxyl groups excluding tert-OH is 1. The van der Waals surface area contributed by atoms with Gasteiger partial charge in [0.15, 0.2) is 5.82 Å². The minimum Gasteiger partial charge on any atom is -0.508 e. The number of aliphatic hydroxyl groups is 1. The molecule has 0 radical (unpaired) electrons. The van der Waals surface area contributed by atoms with Crippen LogP contribution < -0.4 is 9.64 Å². The first kappa shape index (κ1) is 27.2. The fourth-order valence-corrected chi connectivity index (χ4v) is 7.13. The van der Waals surface area contributed by atoms with Crippen molar-refractivity contribution in [1.82, 2.24) is 19.9 Å². The second-order valence-corrected chi connectivity index (χ2v) is 11.7. The summed E-state index contributed by atoms with van der Waals surface area (Å²) in [5, 5.41) is 22.1. The van der Waals surface area contributed by atoms with Gasteiger partial charge in [-0.15, -0.1) is 0 Å². The highest BCUT2D eigenvalue weighted by Gasteiger charge is 2.49. The first-order valence-electron chi connectivity index (χ1n) is 14.5. The predicted octanol–water partition coefficient (Wildman–Crippen LogP) is 4.92. The fraction of sp³-hybridized carbons (Fsp3) is 0.452. The summed E-state index contributed by atoms with van der Waals surface area (Å²) in [6.45, 7) is 3.99. The third-order valence-electron chi connectivity index (χ3n) is 9.10. The van der Waals surface area contributed by atoms with Gasteiger partial charge in [-0.05, 0) is 66.8 Å². The van der Waals surface area contributed by atoms with Crippen molar-refractivity contribution in [3.8, 4) is 23.0 Å². The maximum Gasteiger partial charge on any atom is 0.319 e. The predicted molar refractivity (Wildman–Crippen MR) is 153 cm³/mol. The second kappa shape index (κ2) is 10.2. The van der Waals surface area contributed by atoms with Crippen LogP contribution in [0.15, 0.2) is 30.5 Å². The van der Waals surface area contributed by atoms with Gasteiger partial charge in [0.2, 0.25) is 0 Å². The summed E-state index contributed by atoms with van der Waals surface area (Å²) in [5.41, 5.74) is 0.0798. The summed E-state index contributed by atoms with van der Waals surface area (Å²) < 4.78 is 51.9. The Hall–Kier alpha value is -3.70. The van der Waals surface area contributed by atoms with Crippen molar-refractivity contribution in [2.24, 2.45) is 0 Å². The summed E-state index contributed by atoms with van der Waals surface area (Å²) in [4.78, 5) is 17.5. The number of β-amino-alcohol motifs (C(OH)–C–C–N with tert-alkyl or cyclic N) is 1. The molecule has 42 heavy (non-hydrogen) atoms. The standard InChI is InChI=1S/C31H32F3N5O3/c1-2-21-24(33)5-4-17-10-20(41)11-22(25(17)21)27-26(34)28-23(13-35-27)29(38-9-6-19(40)15-38)37-30(36-28)42-16-31-7-3-8-39(31)14-18(32)12-31/h4-5,10-11,13,18-19,40-41H,2-3,6-9,12,14-16H2,1H3/t18-,19-,31+/m1/s1. The molecule has 4 aromatic rings. The molecule has 2 aromatic carbocycles. The molecule has 3 saturated heterocycles. The van der Waals surface area contributed by atoms with Gasteiger partial charge in [0.25, 0.3) is 0 Å². The molecule has 0 bridgehead atoms. The number of anilines is 1. The molecule has 2 N–H and O–H groups in total. The van der Waals surface area contributed by atoms with Crippen molar-refractivity contribution in [2.45, 2.75) is 56.8 Å². The zero-order valence-corrected chi connectivity index (χ0v) is 23.3. The largest absolute Gasteiger partial charge is 0.508 e. The van der Waals surface area contributed by atoms with Crippen LogP contribution in [0.5, 0.6) is 11.8 Å². The Bertz CT molecular complexity index is 1700. The molecule has 3 fully saturated rings. The van der Waals surface area contributed by atoms with E-state index in [4.69, 9.17) is 4.74 Å². The van der Waals surface area contributed by atoms with Crippen LogP contribution in [0.4, 0.5) is 19.0 Å². The number of aromatic hydroxyl groups is 1. The average molecular weight is 580 g/mol. The third kappa shape index (κ3) is 4.41. The van der Waals surface area contributed by atoms with E-state index in [2.05, 4.69) is 19.9 Å². The first-order valence-corrected chi connectivity index (χ1v) is 14.5. The number of rotatable bonds is 6. The van der Waals surface area contributed by atoms with Gasteiger partial charge in [0.05, 0.1) is 17.0 Å². The van der Waals surface area contributed by atoms with Crippen LogP contribution in [0.2, 0.25) is 0 Å². The molecule has 0 aliphatic carbocycles. The number of phenolic OH excluding ortho intramolecular Hbond substituents is 1. The van der Waals surface area contributed by atoms with E-state index >= 15 is 4.39 Å². The summed E-state index contributed by atoms with van der Waals surface area (Å²) >= 11 is 0. The monoisotopic (exact) mass is 579 g/mol. The van der Waals surface area contributed by atoms with Gasteiger partial charge in [-0.3, -0.25) is 9.88 Å². The van der Waals surface area contributed by atoms with Gasteiger partial charge in [-0.25, -0.2) is 13.2 Å². The number of phenols is 1. The number of benzene rings is 2. The lowest BCUT2D eigenvalue weighted by molar-refractivity contribution is 0.107. The first-order chi connectivity index (χ1) is 20.3. The summed E-state index contributed by atoms with van der Waals surface area (Å²) in [6, 6.07) is 5.74. The Morgan fingerprint density at radius 1 is 1.14 bits per heavy atom. The lowest BCUT2D eigenvalue weighted by atomic mass is 9.94. The van der Waals surface area contributed by atoms with Crippen molar-refractivity contribution in [1.29, 1.82) is 0 Å². The molecule has 3 atom stereocenters. The maximum absolute atomic E-state index is 16.6. The van der Waals surface area contributed by atoms with E-state index < -0.39 is 29.4 Å². The van der Waals surface area contributed by atoms with Crippen LogP contribution in [0.1, 0.15) is 38.2 Å². The Morgan fingerprint density at radius 2 is 2.00 bits per heavy atom. The van der Waals surface area contributed by atoms with Crippen LogP contribution >= 0.6 is 0 Å². The maximum atomic E-state index is 16.6. The molecule has 2 aromatic heterocycles. The zero-order valence-electron chi connectivity index (χ0n) is 23.3. The van der Waals surface area contributed by atoms with E-state index in [1.807, 2.05) is 11.8 Å². The molecular formula is C31H32F3N5O3. The quantitative estimate of drug-likeness (QED) is 0.333. The van der Waals surface area contributed by atoms with Crippen molar-refractivity contribution in [3.63, 3.8) is 0 Å². The van der Waals surface area contributed by atoms with Crippen LogP contribution in [0, 0.1) is 11.6 Å². The minimum absolute atomic E-state index is 0.0390. The van der Waals surface area contributed by atoms with E-state index in [1.165, 1.54) is 24.4 Å². The molecule has 0 unspecified atom stereocenters. The number of ether oxygens (including phenoxy) is 1. The van der Waals surface area contributed by atoms with Crippen LogP contribution in [-0.2, 0) is 6.42 Å². The number of aromatic nitrogens is 3. The third-order valence-corrected chi connectivity index (χ3v) is 9.10. The van der Waals surface area contributed by atoms with E-state index in [-0.39, 0.29) is 35.1 Å². The smallest absolute Gasteiger partial charge is 0.319 e. The van der Waals surface area contributed by atoms with Gasteiger partial charge in [0, 0.05) is 37.8 Å². The van der Waals surface area contributed by atoms with E-state index in [0.717, 1.165) is 19.4 Å². The van der Waals surface area contributed by atoms with E-state index in [1.54, 1.807) is 6.07 Å². The van der Waals surface area contributed by atoms with Crippen LogP contribution in [0.25, 0.3) is 32.9 Å². The Balaban J connectivity index is 1.37. The number of alkyl halides is 1. The normalized spacial score (nSPS) is 24.3. The number of aryl methyl sites for hydroxylation is 1. The number of pyridine rings is 1. The van der Waals surface area contributed by atoms with Crippen molar-refractivity contribution in [3.05, 3.63) is 47.7 Å². The lowest BCUT2D eigenvalue weighted by Crippen LogP contribution is -2.43. The molecule has 3 aliphatic rings. The van der Waals surface area contributed by atoms with Gasteiger partial charge >= 0.3 is 6.01 Å². The fourth-order valence-electron chi connectivity index (χ4n) is 7.13. The lowest BCUT2D eigenvalue weighted by Gasteiger charge is -2.31. The van der Waals surface area contributed by atoms with E-state index in [0.29, 0.717) is 66.4 Å². The summed E-state index contributed by atoms with van der Waals surface area (Å²) in [6.07, 6.45) is 3.01. The van der Waals surface area contributed by atoms with Crippen LogP contribution in [-0.4, -0.2) is 80.7 Å². The van der Waals surface area contributed by atoms with E-state index in [9.17, 15) is 19.0 Å². The molecular weight excluding hydrogens is 547 g/mol. The van der Waals surface area contributed by atoms with Crippen molar-refractivity contribution >= 4 is 27.5 Å². The Morgan fingerprint density at radius 3 is 2.79 bits per heavy atom. The number of nitrogens with zero attached hydrogens (tertiary/aromatic N) is 5. The highest BCUT2D eigenvalue weighted by atomic mass is 19.1. The number of hydrogen-bond donors (Lipinski definition) is 2. The van der Waals surface area contributed by atoms with Gasteiger partial charge in [0.1, 0.15) is 41.4 Å². The molecule has 11 heteroatoms. The molecule has 8 nitrogen and oxygen atoms in total. The van der Waals surface area contributed by atoms with Crippen LogP contribution in [0.3, 0.4) is 0 Å². The zero-order chi connectivity index (χ0) is 29.2. The highest BCUT2D eigenvalue weighted by Crippen LogP contribution is 2.42. The highest BCUT2D eigenvalue weighted by molar-refractivity contribution is 6.01. The molecule has 5 heterocycles. The Kier molecular flexibility index (Phi) is 6.62. The molecule has 0 amide bonds. The number of hydrogen-bond acceptors (Lipinski definition) is 8. The van der Waals surface area contributed by atoms with Crippen molar-refractivity contribution < 1.29 is 28.1 Å². The molecule has 0 spiro atoms. The molecule has 220 valence electrons. The SMILES string of the molecule is CCc1c(F)ccc2cc(O)cc(-c3ncc4c(N5CC[C@@H](O)C5)nc(OC[C@@]56CCCN5C[C@H](F)C6)nc4c3F)c12. The van der Waals surface area contributed by atoms with Gasteiger partial charge in [-0.1, -0.05) is 13.0 Å². The van der Waals surface area contributed by atoms with Crippen molar-refractivity contribution in [2.75, 3.05) is 37.7 Å². The molecule has 3 aliphatic heterocycles. The summed E-state index contributed by atoms with van der Waals surface area (Å²) in [5.74, 6) is -0.895. The summed E-state index contributed by atoms with van der Waals surface area (Å²) in [7, 11) is 0. The topological polar surface area (TPSA) is 94.8 Å². The molecule has 0 saturated carbocycles.